The lowest BCUT2D eigenvalue weighted by Gasteiger charge is -2.26. The Morgan fingerprint density at radius 2 is 2.05 bits per heavy atom. The Morgan fingerprint density at radius 1 is 1.30 bits per heavy atom. The predicted octanol–water partition coefficient (Wildman–Crippen LogP) is 3.13. The summed E-state index contributed by atoms with van der Waals surface area (Å²) in [6.07, 6.45) is 8.06. The highest BCUT2D eigenvalue weighted by molar-refractivity contribution is 6.41. The Kier molecular flexibility index (Phi) is 4.23. The second-order valence-corrected chi connectivity index (χ2v) is 4.96. The van der Waals surface area contributed by atoms with E-state index in [1.54, 1.807) is 0 Å². The molecule has 0 bridgehead atoms. The van der Waals surface area contributed by atoms with E-state index in [0.29, 0.717) is 0 Å². The van der Waals surface area contributed by atoms with E-state index in [2.05, 4.69) is 28.2 Å². The maximum Gasteiger partial charge on any atom is 0.139 e. The van der Waals surface area contributed by atoms with Crippen LogP contribution in [0.4, 0.5) is 0 Å². The molecule has 0 aliphatic carbocycles. The zero-order valence-corrected chi connectivity index (χ0v) is 12.8. The molecule has 2 heterocycles. The topological polar surface area (TPSA) is 43.8 Å². The number of hydrogen-bond donors (Lipinski definition) is 1. The smallest absolute Gasteiger partial charge is 0.139 e. The molecular weight excluding hydrogens is 248 g/mol. The monoisotopic (exact) mass is 270 g/mol. The number of likely N-dealkylation sites (N-methyl/N-ethyl adjacent to an activating group) is 1. The number of aliphatic imine (C=N–C) groups is 2. The van der Waals surface area contributed by atoms with Gasteiger partial charge in [0.25, 0.3) is 0 Å². The van der Waals surface area contributed by atoms with Gasteiger partial charge in [-0.2, -0.15) is 0 Å². The lowest BCUT2D eigenvalue weighted by Crippen LogP contribution is -2.32. The number of H-pyrrole nitrogens is 1. The molecule has 4 nitrogen and oxygen atoms in total. The Balaban J connectivity index is 2.50. The van der Waals surface area contributed by atoms with Gasteiger partial charge < -0.3 is 9.88 Å². The highest BCUT2D eigenvalue weighted by Crippen LogP contribution is 2.25. The highest BCUT2D eigenvalue weighted by Gasteiger charge is 2.24. The SMILES string of the molecule is C/C=C1\C(/C(=C/C)c2cc[nH]c2)=NC(C)N=C1N(C)C. The molecule has 4 heteroatoms. The average molecular weight is 270 g/mol. The standard InChI is InChI=1S/C16H22N4/c1-6-13(12-8-9-17-10-12)15-14(7-2)16(20(4)5)19-11(3)18-15/h6-11,17H,1-5H3/b13-6+,14-7+. The number of rotatable bonds is 2. The molecule has 1 atom stereocenters. The molecule has 2 rings (SSSR count). The first-order valence-electron chi connectivity index (χ1n) is 6.88. The van der Waals surface area contributed by atoms with Crippen LogP contribution in [-0.2, 0) is 0 Å². The number of aromatic nitrogens is 1. The number of amidine groups is 1. The number of nitrogens with one attached hydrogen (secondary N) is 1. The van der Waals surface area contributed by atoms with Gasteiger partial charge in [0.2, 0.25) is 0 Å². The molecule has 0 radical (unpaired) electrons. The summed E-state index contributed by atoms with van der Waals surface area (Å²) in [4.78, 5) is 14.5. The van der Waals surface area contributed by atoms with Gasteiger partial charge in [0, 0.05) is 43.2 Å². The molecule has 106 valence electrons. The number of aromatic amines is 1. The third-order valence-corrected chi connectivity index (χ3v) is 3.29. The zero-order chi connectivity index (χ0) is 14.7. The quantitative estimate of drug-likeness (QED) is 0.881. The van der Waals surface area contributed by atoms with Crippen LogP contribution in [0.2, 0.25) is 0 Å². The lowest BCUT2D eigenvalue weighted by molar-refractivity contribution is 0.606. The van der Waals surface area contributed by atoms with E-state index >= 15 is 0 Å². The summed E-state index contributed by atoms with van der Waals surface area (Å²) in [7, 11) is 4.03. The van der Waals surface area contributed by atoms with Crippen LogP contribution in [0.3, 0.4) is 0 Å². The van der Waals surface area contributed by atoms with Crippen LogP contribution in [0, 0.1) is 0 Å². The summed E-state index contributed by atoms with van der Waals surface area (Å²) in [5, 5.41) is 0. The normalized spacial score (nSPS) is 21.8. The molecule has 1 aliphatic rings. The minimum absolute atomic E-state index is 0.0556. The van der Waals surface area contributed by atoms with Gasteiger partial charge in [0.1, 0.15) is 12.0 Å². The van der Waals surface area contributed by atoms with Crippen molar-refractivity contribution in [1.29, 1.82) is 0 Å². The van der Waals surface area contributed by atoms with Crippen LogP contribution in [0.15, 0.2) is 46.2 Å². The van der Waals surface area contributed by atoms with Gasteiger partial charge in [-0.05, 0) is 26.8 Å². The molecule has 1 aromatic rings. The van der Waals surface area contributed by atoms with Gasteiger partial charge in [0.15, 0.2) is 0 Å². The Morgan fingerprint density at radius 3 is 2.55 bits per heavy atom. The molecule has 0 saturated heterocycles. The molecule has 0 fully saturated rings. The van der Waals surface area contributed by atoms with Crippen LogP contribution < -0.4 is 0 Å². The predicted molar refractivity (Wildman–Crippen MR) is 86.2 cm³/mol. The van der Waals surface area contributed by atoms with Crippen molar-refractivity contribution < 1.29 is 0 Å². The first-order chi connectivity index (χ1) is 9.58. The number of allylic oxidation sites excluding steroid dienone is 3. The molecule has 1 unspecified atom stereocenters. The first kappa shape index (κ1) is 14.3. The summed E-state index contributed by atoms with van der Waals surface area (Å²) in [6.45, 7) is 6.09. The first-order valence-corrected chi connectivity index (χ1v) is 6.88. The summed E-state index contributed by atoms with van der Waals surface area (Å²) in [6, 6.07) is 2.07. The van der Waals surface area contributed by atoms with Crippen LogP contribution >= 0.6 is 0 Å². The van der Waals surface area contributed by atoms with Gasteiger partial charge in [0.05, 0.1) is 5.71 Å². The molecule has 0 saturated carbocycles. The molecule has 20 heavy (non-hydrogen) atoms. The molecule has 0 spiro atoms. The number of hydrogen-bond acceptors (Lipinski definition) is 3. The highest BCUT2D eigenvalue weighted by atomic mass is 15.2. The molecule has 0 amide bonds. The van der Waals surface area contributed by atoms with E-state index in [0.717, 1.165) is 28.3 Å². The Hall–Kier alpha value is -2.10. The van der Waals surface area contributed by atoms with Crippen molar-refractivity contribution in [3.63, 3.8) is 0 Å². The van der Waals surface area contributed by atoms with Crippen molar-refractivity contribution in [3.8, 4) is 0 Å². The maximum absolute atomic E-state index is 4.75. The molecule has 1 N–H and O–H groups in total. The third kappa shape index (κ3) is 2.59. The van der Waals surface area contributed by atoms with Crippen molar-refractivity contribution >= 4 is 17.1 Å². The molecule has 0 aromatic carbocycles. The van der Waals surface area contributed by atoms with E-state index in [4.69, 9.17) is 4.99 Å². The number of nitrogens with zero attached hydrogens (tertiary/aromatic N) is 3. The maximum atomic E-state index is 4.75. The van der Waals surface area contributed by atoms with Crippen molar-refractivity contribution in [3.05, 3.63) is 41.7 Å². The molecular formula is C16H22N4. The van der Waals surface area contributed by atoms with Gasteiger partial charge in [-0.3, -0.25) is 4.99 Å². The van der Waals surface area contributed by atoms with Crippen molar-refractivity contribution in [2.75, 3.05) is 14.1 Å². The van der Waals surface area contributed by atoms with Crippen LogP contribution in [0.5, 0.6) is 0 Å². The second-order valence-electron chi connectivity index (χ2n) is 4.96. The van der Waals surface area contributed by atoms with Gasteiger partial charge in [-0.25, -0.2) is 4.99 Å². The average Bonchev–Trinajstić information content (AvgIpc) is 2.93. The minimum atomic E-state index is -0.0556. The summed E-state index contributed by atoms with van der Waals surface area (Å²) in [5.74, 6) is 0.986. The molecule has 1 aromatic heterocycles. The molecule has 1 aliphatic heterocycles. The largest absolute Gasteiger partial charge is 0.367 e. The summed E-state index contributed by atoms with van der Waals surface area (Å²) >= 11 is 0. The van der Waals surface area contributed by atoms with Gasteiger partial charge in [-0.1, -0.05) is 12.2 Å². The van der Waals surface area contributed by atoms with Crippen LogP contribution in [-0.4, -0.2) is 41.7 Å². The van der Waals surface area contributed by atoms with Crippen molar-refractivity contribution in [1.82, 2.24) is 9.88 Å². The van der Waals surface area contributed by atoms with E-state index in [-0.39, 0.29) is 6.17 Å². The van der Waals surface area contributed by atoms with Gasteiger partial charge in [-0.15, -0.1) is 0 Å². The van der Waals surface area contributed by atoms with Gasteiger partial charge >= 0.3 is 0 Å². The van der Waals surface area contributed by atoms with Crippen molar-refractivity contribution in [2.24, 2.45) is 9.98 Å². The van der Waals surface area contributed by atoms with E-state index < -0.39 is 0 Å². The van der Waals surface area contributed by atoms with E-state index in [1.165, 1.54) is 0 Å². The summed E-state index contributed by atoms with van der Waals surface area (Å²) in [5.41, 5.74) is 4.39. The fourth-order valence-electron chi connectivity index (χ4n) is 2.41. The van der Waals surface area contributed by atoms with E-state index in [9.17, 15) is 0 Å². The minimum Gasteiger partial charge on any atom is -0.367 e. The van der Waals surface area contributed by atoms with Crippen LogP contribution in [0.1, 0.15) is 26.3 Å². The lowest BCUT2D eigenvalue weighted by atomic mass is 9.95. The third-order valence-electron chi connectivity index (χ3n) is 3.29. The fraction of sp³-hybridized carbons (Fsp3) is 0.375. The fourth-order valence-corrected chi connectivity index (χ4v) is 2.41. The Labute approximate surface area is 120 Å². The second kappa shape index (κ2) is 5.90. The summed E-state index contributed by atoms with van der Waals surface area (Å²) < 4.78 is 0. The zero-order valence-electron chi connectivity index (χ0n) is 12.8. The van der Waals surface area contributed by atoms with Crippen molar-refractivity contribution in [2.45, 2.75) is 26.9 Å². The van der Waals surface area contributed by atoms with E-state index in [1.807, 2.05) is 52.2 Å². The Bertz CT molecular complexity index is 586. The van der Waals surface area contributed by atoms with Crippen LogP contribution in [0.25, 0.3) is 5.57 Å².